The molecule has 0 aliphatic carbocycles. The number of fused-ring (bicyclic) bond motifs is 1. The zero-order chi connectivity index (χ0) is 9.26. The van der Waals surface area contributed by atoms with Gasteiger partial charge in [-0.05, 0) is 6.07 Å². The van der Waals surface area contributed by atoms with Crippen molar-refractivity contribution < 1.29 is 0 Å². The van der Waals surface area contributed by atoms with Gasteiger partial charge in [-0.2, -0.15) is 0 Å². The van der Waals surface area contributed by atoms with E-state index in [4.69, 9.17) is 0 Å². The second-order valence-electron chi connectivity index (χ2n) is 2.42. The number of nitrogens with one attached hydrogen (secondary N) is 1. The summed E-state index contributed by atoms with van der Waals surface area (Å²) in [5.74, 6) is 0.620. The number of nitrogens with zero attached hydrogens (tertiary/aromatic N) is 3. The molecular formula is C7H5IN4O. The Kier molecular flexibility index (Phi) is 2.21. The first-order valence-electron chi connectivity index (χ1n) is 3.58. The Hall–Kier alpha value is -1.05. The lowest BCUT2D eigenvalue weighted by molar-refractivity contribution is 0.935. The molecule has 0 amide bonds. The fourth-order valence-corrected chi connectivity index (χ4v) is 1.26. The average molecular weight is 288 g/mol. The molecule has 1 N–H and O–H groups in total. The molecule has 2 rings (SSSR count). The van der Waals surface area contributed by atoms with Gasteiger partial charge in [0.2, 0.25) is 5.56 Å². The van der Waals surface area contributed by atoms with Gasteiger partial charge in [0.15, 0.2) is 11.5 Å². The van der Waals surface area contributed by atoms with E-state index in [1.54, 1.807) is 6.07 Å². The average Bonchev–Trinajstić information content (AvgIpc) is 2.16. The Balaban J connectivity index is 2.75. The van der Waals surface area contributed by atoms with Gasteiger partial charge >= 0.3 is 0 Å². The SMILES string of the molecule is O=c1ccc2nnc(CI)nc2[nH]1. The minimum Gasteiger partial charge on any atom is -0.305 e. The summed E-state index contributed by atoms with van der Waals surface area (Å²) >= 11 is 2.14. The lowest BCUT2D eigenvalue weighted by Gasteiger charge is -1.95. The van der Waals surface area contributed by atoms with Crippen molar-refractivity contribution >= 4 is 33.8 Å². The third-order valence-electron chi connectivity index (χ3n) is 1.51. The number of H-pyrrole nitrogens is 1. The van der Waals surface area contributed by atoms with Crippen molar-refractivity contribution in [3.05, 3.63) is 28.3 Å². The predicted molar refractivity (Wildman–Crippen MR) is 55.7 cm³/mol. The van der Waals surface area contributed by atoms with Crippen LogP contribution in [-0.4, -0.2) is 20.2 Å². The molecule has 0 fully saturated rings. The maximum Gasteiger partial charge on any atom is 0.249 e. The van der Waals surface area contributed by atoms with Crippen LogP contribution in [0.2, 0.25) is 0 Å². The van der Waals surface area contributed by atoms with Crippen molar-refractivity contribution in [2.45, 2.75) is 4.43 Å². The molecule has 0 aromatic carbocycles. The minimum absolute atomic E-state index is 0.174. The first-order valence-corrected chi connectivity index (χ1v) is 5.11. The molecule has 66 valence electrons. The highest BCUT2D eigenvalue weighted by Gasteiger charge is 1.99. The van der Waals surface area contributed by atoms with Gasteiger partial charge in [-0.25, -0.2) is 4.98 Å². The molecule has 0 unspecified atom stereocenters. The Morgan fingerprint density at radius 2 is 2.23 bits per heavy atom. The highest BCUT2D eigenvalue weighted by Crippen LogP contribution is 2.03. The molecule has 13 heavy (non-hydrogen) atoms. The molecule has 0 saturated heterocycles. The topological polar surface area (TPSA) is 71.5 Å². The largest absolute Gasteiger partial charge is 0.305 e. The summed E-state index contributed by atoms with van der Waals surface area (Å²) < 4.78 is 0.678. The van der Waals surface area contributed by atoms with Gasteiger partial charge in [0.25, 0.3) is 0 Å². The maximum absolute atomic E-state index is 10.9. The van der Waals surface area contributed by atoms with E-state index in [-0.39, 0.29) is 5.56 Å². The van der Waals surface area contributed by atoms with Gasteiger partial charge in [0.05, 0.1) is 4.43 Å². The van der Waals surface area contributed by atoms with Gasteiger partial charge in [0, 0.05) is 6.07 Å². The molecule has 0 atom stereocenters. The molecule has 2 heterocycles. The smallest absolute Gasteiger partial charge is 0.249 e. The minimum atomic E-state index is -0.174. The first-order chi connectivity index (χ1) is 6.29. The van der Waals surface area contributed by atoms with Crippen LogP contribution in [0.1, 0.15) is 5.82 Å². The normalized spacial score (nSPS) is 10.5. The molecule has 0 radical (unpaired) electrons. The highest BCUT2D eigenvalue weighted by molar-refractivity contribution is 14.1. The Labute approximate surface area is 86.7 Å². The number of pyridine rings is 1. The summed E-state index contributed by atoms with van der Waals surface area (Å²) in [4.78, 5) is 17.6. The van der Waals surface area contributed by atoms with Crippen LogP contribution >= 0.6 is 22.6 Å². The lowest BCUT2D eigenvalue weighted by Crippen LogP contribution is -2.06. The van der Waals surface area contributed by atoms with Crippen LogP contribution in [0.25, 0.3) is 11.2 Å². The number of aromatic nitrogens is 4. The van der Waals surface area contributed by atoms with Gasteiger partial charge < -0.3 is 4.98 Å². The van der Waals surface area contributed by atoms with E-state index in [0.717, 1.165) is 0 Å². The molecule has 2 aromatic heterocycles. The van der Waals surface area contributed by atoms with Crippen LogP contribution in [0.5, 0.6) is 0 Å². The van der Waals surface area contributed by atoms with Crippen molar-refractivity contribution in [2.75, 3.05) is 0 Å². The summed E-state index contributed by atoms with van der Waals surface area (Å²) in [5.41, 5.74) is 0.926. The van der Waals surface area contributed by atoms with E-state index < -0.39 is 0 Å². The monoisotopic (exact) mass is 288 g/mol. The second kappa shape index (κ2) is 3.36. The molecular weight excluding hydrogens is 283 g/mol. The molecule has 0 saturated carbocycles. The van der Waals surface area contributed by atoms with Crippen molar-refractivity contribution in [1.29, 1.82) is 0 Å². The van der Waals surface area contributed by atoms with Gasteiger partial charge in [-0.3, -0.25) is 4.79 Å². The van der Waals surface area contributed by atoms with Crippen LogP contribution < -0.4 is 5.56 Å². The summed E-state index contributed by atoms with van der Waals surface area (Å²) in [6.07, 6.45) is 0. The summed E-state index contributed by atoms with van der Waals surface area (Å²) in [6.45, 7) is 0. The summed E-state index contributed by atoms with van der Waals surface area (Å²) in [6, 6.07) is 3.01. The van der Waals surface area contributed by atoms with Crippen LogP contribution in [0.15, 0.2) is 16.9 Å². The van der Waals surface area contributed by atoms with E-state index in [2.05, 4.69) is 42.8 Å². The van der Waals surface area contributed by atoms with Crippen LogP contribution in [0.4, 0.5) is 0 Å². The number of rotatable bonds is 1. The van der Waals surface area contributed by atoms with Crippen LogP contribution in [-0.2, 0) is 4.43 Å². The second-order valence-corrected chi connectivity index (χ2v) is 3.18. The third kappa shape index (κ3) is 1.67. The van der Waals surface area contributed by atoms with E-state index in [1.165, 1.54) is 6.07 Å². The molecule has 2 aromatic rings. The van der Waals surface area contributed by atoms with E-state index in [0.29, 0.717) is 21.4 Å². The molecule has 5 nitrogen and oxygen atoms in total. The first kappa shape index (κ1) is 8.54. The Morgan fingerprint density at radius 1 is 1.38 bits per heavy atom. The number of hydrogen-bond donors (Lipinski definition) is 1. The Bertz CT molecular complexity index is 495. The third-order valence-corrected chi connectivity index (χ3v) is 2.19. The standard InChI is InChI=1S/C7H5IN4O/c8-3-5-9-7-4(11-12-5)1-2-6(13)10-7/h1-2H,3H2,(H,9,10,12,13). The summed E-state index contributed by atoms with van der Waals surface area (Å²) in [5, 5.41) is 7.77. The lowest BCUT2D eigenvalue weighted by atomic mass is 10.4. The number of hydrogen-bond acceptors (Lipinski definition) is 4. The fourth-order valence-electron chi connectivity index (χ4n) is 0.941. The maximum atomic E-state index is 10.9. The predicted octanol–water partition coefficient (Wildman–Crippen LogP) is 0.648. The number of aromatic amines is 1. The zero-order valence-corrected chi connectivity index (χ0v) is 8.65. The zero-order valence-electron chi connectivity index (χ0n) is 6.49. The molecule has 0 spiro atoms. The van der Waals surface area contributed by atoms with Crippen LogP contribution in [0.3, 0.4) is 0 Å². The molecule has 6 heteroatoms. The van der Waals surface area contributed by atoms with E-state index in [1.807, 2.05) is 0 Å². The number of alkyl halides is 1. The molecule has 0 aliphatic heterocycles. The Morgan fingerprint density at radius 3 is 3.00 bits per heavy atom. The van der Waals surface area contributed by atoms with Crippen molar-refractivity contribution in [3.63, 3.8) is 0 Å². The highest BCUT2D eigenvalue weighted by atomic mass is 127. The molecule has 0 bridgehead atoms. The van der Waals surface area contributed by atoms with Gasteiger partial charge in [0.1, 0.15) is 5.52 Å². The summed E-state index contributed by atoms with van der Waals surface area (Å²) in [7, 11) is 0. The van der Waals surface area contributed by atoms with E-state index in [9.17, 15) is 4.79 Å². The van der Waals surface area contributed by atoms with Crippen molar-refractivity contribution in [1.82, 2.24) is 20.2 Å². The van der Waals surface area contributed by atoms with Gasteiger partial charge in [-0.1, -0.05) is 22.6 Å². The van der Waals surface area contributed by atoms with Crippen molar-refractivity contribution in [3.8, 4) is 0 Å². The van der Waals surface area contributed by atoms with Crippen molar-refractivity contribution in [2.24, 2.45) is 0 Å². The van der Waals surface area contributed by atoms with Gasteiger partial charge in [-0.15, -0.1) is 10.2 Å². The number of halogens is 1. The van der Waals surface area contributed by atoms with Crippen LogP contribution in [0, 0.1) is 0 Å². The molecule has 0 aliphatic rings. The van der Waals surface area contributed by atoms with E-state index >= 15 is 0 Å². The quantitative estimate of drug-likeness (QED) is 0.617. The fraction of sp³-hybridized carbons (Fsp3) is 0.143.